The summed E-state index contributed by atoms with van der Waals surface area (Å²) in [5, 5.41) is 3.97. The number of hydrogen-bond acceptors (Lipinski definition) is 4. The van der Waals surface area contributed by atoms with Gasteiger partial charge in [0, 0.05) is 24.8 Å². The standard InChI is InChI=1S/C14H15ClN4/c15-13-8-16-9-14(18-13)19-7-6-12(10-19)17-11-4-2-1-3-5-11/h1-5,8-9,12,17H,6-7,10H2. The fraction of sp³-hybridized carbons (Fsp3) is 0.286. The molecular weight excluding hydrogens is 260 g/mol. The van der Waals surface area contributed by atoms with Crippen LogP contribution in [-0.4, -0.2) is 29.1 Å². The van der Waals surface area contributed by atoms with E-state index >= 15 is 0 Å². The summed E-state index contributed by atoms with van der Waals surface area (Å²) < 4.78 is 0. The van der Waals surface area contributed by atoms with Gasteiger partial charge in [0.05, 0.1) is 12.4 Å². The smallest absolute Gasteiger partial charge is 0.149 e. The number of halogens is 1. The van der Waals surface area contributed by atoms with Crippen LogP contribution < -0.4 is 10.2 Å². The largest absolute Gasteiger partial charge is 0.380 e. The van der Waals surface area contributed by atoms with Crippen LogP contribution in [0, 0.1) is 0 Å². The van der Waals surface area contributed by atoms with Crippen molar-refractivity contribution in [1.82, 2.24) is 9.97 Å². The molecule has 2 aromatic rings. The van der Waals surface area contributed by atoms with E-state index in [4.69, 9.17) is 11.6 Å². The van der Waals surface area contributed by atoms with Crippen LogP contribution >= 0.6 is 11.6 Å². The lowest BCUT2D eigenvalue weighted by Crippen LogP contribution is -2.26. The molecule has 3 rings (SSSR count). The van der Waals surface area contributed by atoms with Crippen LogP contribution in [0.3, 0.4) is 0 Å². The topological polar surface area (TPSA) is 41.1 Å². The summed E-state index contributed by atoms with van der Waals surface area (Å²) in [7, 11) is 0. The molecule has 1 N–H and O–H groups in total. The Morgan fingerprint density at radius 2 is 2.05 bits per heavy atom. The second-order valence-electron chi connectivity index (χ2n) is 4.64. The third kappa shape index (κ3) is 2.96. The van der Waals surface area contributed by atoms with Gasteiger partial charge < -0.3 is 10.2 Å². The van der Waals surface area contributed by atoms with Gasteiger partial charge in [-0.2, -0.15) is 0 Å². The highest BCUT2D eigenvalue weighted by Crippen LogP contribution is 2.21. The monoisotopic (exact) mass is 274 g/mol. The highest BCUT2D eigenvalue weighted by molar-refractivity contribution is 6.29. The molecule has 19 heavy (non-hydrogen) atoms. The molecule has 0 radical (unpaired) electrons. The lowest BCUT2D eigenvalue weighted by atomic mass is 10.2. The molecule has 2 heterocycles. The van der Waals surface area contributed by atoms with Crippen molar-refractivity contribution in [3.05, 3.63) is 47.9 Å². The van der Waals surface area contributed by atoms with Gasteiger partial charge in [-0.15, -0.1) is 0 Å². The number of anilines is 2. The van der Waals surface area contributed by atoms with E-state index in [0.29, 0.717) is 11.2 Å². The lowest BCUT2D eigenvalue weighted by molar-refractivity contribution is 0.806. The van der Waals surface area contributed by atoms with Gasteiger partial charge in [-0.3, -0.25) is 4.98 Å². The highest BCUT2D eigenvalue weighted by Gasteiger charge is 2.23. The van der Waals surface area contributed by atoms with Crippen LogP contribution in [0.5, 0.6) is 0 Å². The molecule has 1 atom stereocenters. The van der Waals surface area contributed by atoms with Crippen molar-refractivity contribution < 1.29 is 0 Å². The van der Waals surface area contributed by atoms with E-state index in [1.165, 1.54) is 0 Å². The SMILES string of the molecule is Clc1cncc(N2CCC(Nc3ccccc3)C2)n1. The predicted molar refractivity (Wildman–Crippen MR) is 77.7 cm³/mol. The van der Waals surface area contributed by atoms with Gasteiger partial charge in [0.15, 0.2) is 0 Å². The molecule has 5 heteroatoms. The molecule has 0 amide bonds. The first-order valence-corrected chi connectivity index (χ1v) is 6.73. The van der Waals surface area contributed by atoms with Gasteiger partial charge in [-0.25, -0.2) is 4.98 Å². The third-order valence-electron chi connectivity index (χ3n) is 3.25. The molecule has 1 aromatic heterocycles. The fourth-order valence-corrected chi connectivity index (χ4v) is 2.48. The van der Waals surface area contributed by atoms with Crippen LogP contribution in [0.2, 0.25) is 5.15 Å². The lowest BCUT2D eigenvalue weighted by Gasteiger charge is -2.18. The maximum atomic E-state index is 5.87. The zero-order valence-electron chi connectivity index (χ0n) is 10.5. The maximum Gasteiger partial charge on any atom is 0.149 e. The Hall–Kier alpha value is -1.81. The number of benzene rings is 1. The molecule has 0 aliphatic carbocycles. The molecule has 0 saturated carbocycles. The summed E-state index contributed by atoms with van der Waals surface area (Å²) in [4.78, 5) is 10.6. The Kier molecular flexibility index (Phi) is 3.51. The molecule has 98 valence electrons. The van der Waals surface area contributed by atoms with E-state index < -0.39 is 0 Å². The van der Waals surface area contributed by atoms with Crippen LogP contribution in [0.4, 0.5) is 11.5 Å². The molecule has 1 aliphatic heterocycles. The van der Waals surface area contributed by atoms with Crippen LogP contribution in [0.25, 0.3) is 0 Å². The maximum absolute atomic E-state index is 5.87. The van der Waals surface area contributed by atoms with E-state index in [-0.39, 0.29) is 0 Å². The number of para-hydroxylation sites is 1. The molecule has 1 aliphatic rings. The van der Waals surface area contributed by atoms with Crippen molar-refractivity contribution in [3.63, 3.8) is 0 Å². The molecule has 1 aromatic carbocycles. The van der Waals surface area contributed by atoms with E-state index in [9.17, 15) is 0 Å². The minimum absolute atomic E-state index is 0.434. The normalized spacial score (nSPS) is 18.6. The number of nitrogens with one attached hydrogen (secondary N) is 1. The van der Waals surface area contributed by atoms with E-state index in [1.54, 1.807) is 12.4 Å². The van der Waals surface area contributed by atoms with Gasteiger partial charge in [-0.1, -0.05) is 29.8 Å². The summed E-state index contributed by atoms with van der Waals surface area (Å²) in [5.41, 5.74) is 1.16. The number of aromatic nitrogens is 2. The summed E-state index contributed by atoms with van der Waals surface area (Å²) >= 11 is 5.87. The van der Waals surface area contributed by atoms with E-state index in [0.717, 1.165) is 31.0 Å². The highest BCUT2D eigenvalue weighted by atomic mass is 35.5. The molecule has 1 unspecified atom stereocenters. The second kappa shape index (κ2) is 5.45. The molecular formula is C14H15ClN4. The average Bonchev–Trinajstić information content (AvgIpc) is 2.88. The van der Waals surface area contributed by atoms with E-state index in [2.05, 4.69) is 32.3 Å². The predicted octanol–water partition coefficient (Wildman–Crippen LogP) is 2.82. The van der Waals surface area contributed by atoms with Gasteiger partial charge in [-0.05, 0) is 18.6 Å². The minimum Gasteiger partial charge on any atom is -0.380 e. The van der Waals surface area contributed by atoms with E-state index in [1.807, 2.05) is 18.2 Å². The first-order chi connectivity index (χ1) is 9.31. The van der Waals surface area contributed by atoms with Crippen molar-refractivity contribution in [2.75, 3.05) is 23.3 Å². The molecule has 1 saturated heterocycles. The second-order valence-corrected chi connectivity index (χ2v) is 5.03. The first kappa shape index (κ1) is 12.2. The Morgan fingerprint density at radius 3 is 2.84 bits per heavy atom. The van der Waals surface area contributed by atoms with Gasteiger partial charge in [0.1, 0.15) is 11.0 Å². The summed E-state index contributed by atoms with van der Waals surface area (Å²) in [5.74, 6) is 0.852. The van der Waals surface area contributed by atoms with Crippen LogP contribution in [0.1, 0.15) is 6.42 Å². The molecule has 0 spiro atoms. The van der Waals surface area contributed by atoms with Gasteiger partial charge >= 0.3 is 0 Å². The molecule has 4 nitrogen and oxygen atoms in total. The summed E-state index contributed by atoms with van der Waals surface area (Å²) in [6.45, 7) is 1.89. The van der Waals surface area contributed by atoms with Crippen molar-refractivity contribution in [2.45, 2.75) is 12.5 Å². The van der Waals surface area contributed by atoms with Crippen LogP contribution in [-0.2, 0) is 0 Å². The Balaban J connectivity index is 1.64. The number of nitrogens with zero attached hydrogens (tertiary/aromatic N) is 3. The zero-order valence-corrected chi connectivity index (χ0v) is 11.2. The number of rotatable bonds is 3. The Labute approximate surface area is 117 Å². The third-order valence-corrected chi connectivity index (χ3v) is 3.43. The van der Waals surface area contributed by atoms with Crippen molar-refractivity contribution in [2.24, 2.45) is 0 Å². The van der Waals surface area contributed by atoms with Gasteiger partial charge in [0.25, 0.3) is 0 Å². The summed E-state index contributed by atoms with van der Waals surface area (Å²) in [6, 6.07) is 10.7. The number of hydrogen-bond donors (Lipinski definition) is 1. The Bertz CT molecular complexity index is 546. The molecule has 0 bridgehead atoms. The van der Waals surface area contributed by atoms with Crippen molar-refractivity contribution >= 4 is 23.1 Å². The summed E-state index contributed by atoms with van der Waals surface area (Å²) in [6.07, 6.45) is 4.40. The first-order valence-electron chi connectivity index (χ1n) is 6.35. The zero-order chi connectivity index (χ0) is 13.1. The van der Waals surface area contributed by atoms with Gasteiger partial charge in [0.2, 0.25) is 0 Å². The quantitative estimate of drug-likeness (QED) is 0.934. The average molecular weight is 275 g/mol. The van der Waals surface area contributed by atoms with Crippen molar-refractivity contribution in [1.29, 1.82) is 0 Å². The van der Waals surface area contributed by atoms with Crippen molar-refractivity contribution in [3.8, 4) is 0 Å². The minimum atomic E-state index is 0.434. The Morgan fingerprint density at radius 1 is 1.21 bits per heavy atom. The van der Waals surface area contributed by atoms with Crippen LogP contribution in [0.15, 0.2) is 42.7 Å². The molecule has 1 fully saturated rings. The fourth-order valence-electron chi connectivity index (χ4n) is 2.34.